The van der Waals surface area contributed by atoms with Crippen LogP contribution in [0.1, 0.15) is 118 Å². The second-order valence-corrected chi connectivity index (χ2v) is 41.5. The monoisotopic (exact) mass is 2320 g/mol. The van der Waals surface area contributed by atoms with Crippen LogP contribution in [-0.4, -0.2) is 58.4 Å². The van der Waals surface area contributed by atoms with Gasteiger partial charge < -0.3 is 9.47 Å². The molecule has 0 amide bonds. The molecule has 22 rings (SSSR count). The van der Waals surface area contributed by atoms with Gasteiger partial charge in [0.05, 0.1) is 53.5 Å². The van der Waals surface area contributed by atoms with Crippen LogP contribution in [0.3, 0.4) is 0 Å². The molecule has 0 N–H and O–H groups in total. The molecule has 139 heavy (non-hydrogen) atoms. The van der Waals surface area contributed by atoms with Crippen molar-refractivity contribution in [3.63, 3.8) is 0 Å². The fourth-order valence-corrected chi connectivity index (χ4v) is 22.1. The van der Waals surface area contributed by atoms with Crippen molar-refractivity contribution in [3.05, 3.63) is 418 Å². The first-order valence-corrected chi connectivity index (χ1v) is 51.4. The van der Waals surface area contributed by atoms with Gasteiger partial charge in [-0.2, -0.15) is 10.2 Å². The fourth-order valence-electron chi connectivity index (χ4n) is 15.3. The van der Waals surface area contributed by atoms with E-state index in [0.717, 1.165) is 194 Å². The summed E-state index contributed by atoms with van der Waals surface area (Å²) in [6.45, 7) is 5.55. The predicted molar refractivity (Wildman–Crippen MR) is 564 cm³/mol. The van der Waals surface area contributed by atoms with Crippen molar-refractivity contribution in [2.24, 2.45) is 15.0 Å². The predicted octanol–water partition coefficient (Wildman–Crippen LogP) is 32.2. The van der Waals surface area contributed by atoms with E-state index in [9.17, 15) is 48.3 Å². The number of fused-ring (bicyclic) bond motifs is 6. The zero-order chi connectivity index (χ0) is 97.0. The number of aryl methyl sites for hydroxylation is 1. The molecule has 0 radical (unpaired) electrons. The van der Waals surface area contributed by atoms with Crippen LogP contribution in [0.5, 0.6) is 0 Å². The summed E-state index contributed by atoms with van der Waals surface area (Å²) >= 11 is 17.4. The minimum absolute atomic E-state index is 0.0180. The highest BCUT2D eigenvalue weighted by molar-refractivity contribution is 14.1. The number of rotatable bonds is 16. The first-order valence-electron chi connectivity index (χ1n) is 43.7. The highest BCUT2D eigenvalue weighted by Gasteiger charge is 2.25. The zero-order valence-corrected chi connectivity index (χ0v) is 85.2. The van der Waals surface area contributed by atoms with E-state index in [1.807, 2.05) is 174 Å². The molecule has 6 aliphatic rings. The highest BCUT2D eigenvalue weighted by Crippen LogP contribution is 2.41. The third kappa shape index (κ3) is 28.9. The quantitative estimate of drug-likeness (QED) is 0.0566. The van der Waals surface area contributed by atoms with Gasteiger partial charge in [0.1, 0.15) is 71.4 Å². The van der Waals surface area contributed by atoms with Crippen molar-refractivity contribution >= 4 is 201 Å². The molecule has 11 nitrogen and oxygen atoms in total. The first-order chi connectivity index (χ1) is 67.3. The van der Waals surface area contributed by atoms with Crippen LogP contribution in [-0.2, 0) is 35.5 Å². The zero-order valence-electron chi connectivity index (χ0n) is 73.7. The maximum Gasteiger partial charge on any atom is 0.150 e. The molecular formula is C108H81F11I3N9O2S6. The molecule has 31 heteroatoms. The second kappa shape index (κ2) is 48.8. The van der Waals surface area contributed by atoms with Crippen LogP contribution < -0.4 is 0 Å². The van der Waals surface area contributed by atoms with E-state index >= 15 is 0 Å². The number of allylic oxidation sites excluding steroid dienone is 2. The molecule has 5 aliphatic heterocycles. The van der Waals surface area contributed by atoms with Gasteiger partial charge in [0.15, 0.2) is 12.5 Å². The average Bonchev–Trinajstić information content (AvgIpc) is 1.63. The molecule has 704 valence electrons. The Balaban J connectivity index is 0.000000121. The van der Waals surface area contributed by atoms with E-state index in [1.54, 1.807) is 12.4 Å². The number of pyridine rings is 2. The molecular weight excluding hydrogens is 2240 g/mol. The van der Waals surface area contributed by atoms with E-state index in [1.165, 1.54) is 163 Å². The number of halogens is 14. The molecule has 2 unspecified atom stereocenters. The smallest absolute Gasteiger partial charge is 0.150 e. The van der Waals surface area contributed by atoms with Gasteiger partial charge in [0.2, 0.25) is 0 Å². The lowest BCUT2D eigenvalue weighted by atomic mass is 10.1. The summed E-state index contributed by atoms with van der Waals surface area (Å²) in [5.41, 5.74) is 15.9. The lowest BCUT2D eigenvalue weighted by molar-refractivity contribution is -0.0369. The molecule has 0 saturated carbocycles. The second-order valence-electron chi connectivity index (χ2n) is 32.0. The SMILES string of the molecule is Cc1cc(F)cc(S)c1.Fc1cc(F)cc(Sc2ccc3c(c2)C(/C=C/c2ccccn2)=NC3)c1.Fc1cc(F)cc(Sc2ccc3c(c2)C(I)=NC3)c1.Fc1cc(F)cc(Sc2ccc3c(c2)C=CC3)c1.Fc1cc(F)cc(Sc2ccc3c(c2)c(/C=C/c2ccccn2)nn3C2CCCCO2)c1.Fc1cc(F)cc(Sc2ccc3c(c2)c(I)nn3C2CCCCO2)c1.Ic1ccc2c(c1)C=NC2. The summed E-state index contributed by atoms with van der Waals surface area (Å²) in [6.07, 6.45) is 24.5. The maximum absolute atomic E-state index is 13.6. The van der Waals surface area contributed by atoms with Crippen molar-refractivity contribution in [2.75, 3.05) is 13.2 Å². The number of aromatic nitrogens is 6. The van der Waals surface area contributed by atoms with Gasteiger partial charge in [-0.15, -0.1) is 12.6 Å². The van der Waals surface area contributed by atoms with Gasteiger partial charge in [-0.3, -0.25) is 24.9 Å². The number of aliphatic imine (C=N–C) groups is 3. The molecule has 4 aromatic heterocycles. The van der Waals surface area contributed by atoms with E-state index in [0.29, 0.717) is 42.5 Å². The van der Waals surface area contributed by atoms with E-state index in [-0.39, 0.29) is 18.3 Å². The standard InChI is InChI=1S/C25H21F2N3OS.C21H14F2N2S.C18H15F2IN2OS.C15H10F2S.C14H8F2INS.C8H6IN.C7H7FS/c26-17-13-18(27)15-21(14-17)32-20-8-10-24-22(16-20)23(9-7-19-5-1-3-11-28-19)29-30(24)25-6-2-4-12-31-25;22-15-9-16(23)11-19(10-15)26-18-6-4-14-13-25-21(20(14)12-18)7-5-17-3-1-2-8-24-17;19-11-7-12(20)9-14(8-11)25-13-4-5-16-15(10-13)18(21)22-23(16)17-3-1-2-6-24-17;16-12-7-13(17)9-15(8-12)18-14-5-4-10-2-1-3-11(10)6-14;15-9-3-10(16)5-12(4-9)19-11-2-1-8-7-18-14(17)13(8)6-11;9-8-2-1-6-4-10-5-7(6)3-8;1-5-2-6(8)4-7(9)3-5/h1,3,5,7-11,13-16,25H,2,4,6,12H2;1-12H,13H2;4-5,7-10,17H,1-3,6H2;1,3-9H,2H2;1-6H,7H2;1-3,5H,4H2;2-4,9H,1H3/b9-7+;7-5+;;;;;. The molecule has 2 fully saturated rings. The average molecular weight is 2320 g/mol. The van der Waals surface area contributed by atoms with Crippen molar-refractivity contribution in [1.29, 1.82) is 0 Å². The number of hydrogen-bond acceptors (Lipinski definition) is 15. The van der Waals surface area contributed by atoms with Crippen LogP contribution in [0, 0.1) is 78.2 Å². The Kier molecular flexibility index (Phi) is 35.6. The number of ether oxygens (including phenoxy) is 2. The van der Waals surface area contributed by atoms with Crippen LogP contribution in [0.4, 0.5) is 48.3 Å². The molecule has 0 bridgehead atoms. The summed E-state index contributed by atoms with van der Waals surface area (Å²) in [7, 11) is 0. The van der Waals surface area contributed by atoms with Gasteiger partial charge >= 0.3 is 0 Å². The summed E-state index contributed by atoms with van der Waals surface area (Å²) in [4.78, 5) is 29.7. The lowest BCUT2D eigenvalue weighted by Crippen LogP contribution is -2.19. The molecule has 2 atom stereocenters. The Morgan fingerprint density at radius 1 is 0.381 bits per heavy atom. The molecule has 16 aromatic rings. The third-order valence-corrected chi connectivity index (χ3v) is 29.1. The molecule has 12 aromatic carbocycles. The Morgan fingerprint density at radius 2 is 0.820 bits per heavy atom. The normalized spacial score (nSPS) is 14.6. The third-order valence-electron chi connectivity index (χ3n) is 21.6. The van der Waals surface area contributed by atoms with E-state index in [2.05, 4.69) is 147 Å². The Hall–Kier alpha value is -10.5. The van der Waals surface area contributed by atoms with Gasteiger partial charge in [-0.05, 0) is 371 Å². The molecule has 2 saturated heterocycles. The van der Waals surface area contributed by atoms with E-state index < -0.39 is 58.2 Å². The number of hydrogen-bond donors (Lipinski definition) is 1. The van der Waals surface area contributed by atoms with Crippen LogP contribution in [0.25, 0.3) is 46.1 Å². The summed E-state index contributed by atoms with van der Waals surface area (Å²) in [6, 6.07) is 70.3. The molecule has 1 aliphatic carbocycles. The number of benzene rings is 12. The van der Waals surface area contributed by atoms with Crippen LogP contribution >= 0.6 is 139 Å². The Morgan fingerprint density at radius 3 is 1.31 bits per heavy atom. The largest absolute Gasteiger partial charge is 0.356 e. The molecule has 0 spiro atoms. The Labute approximate surface area is 863 Å². The van der Waals surface area contributed by atoms with Crippen molar-refractivity contribution in [2.45, 2.75) is 138 Å². The van der Waals surface area contributed by atoms with Crippen LogP contribution in [0.15, 0.2) is 348 Å². The number of nitrogens with zero attached hydrogens (tertiary/aromatic N) is 9. The van der Waals surface area contributed by atoms with Gasteiger partial charge in [0.25, 0.3) is 0 Å². The van der Waals surface area contributed by atoms with Crippen molar-refractivity contribution < 1.29 is 57.8 Å². The molecule has 9 heterocycles. The van der Waals surface area contributed by atoms with Gasteiger partial charge in [-0.1, -0.05) is 107 Å². The summed E-state index contributed by atoms with van der Waals surface area (Å²) in [5, 5.41) is 11.5. The fraction of sp³-hybridized carbons (Fsp3) is 0.139. The first kappa shape index (κ1) is 101. The van der Waals surface area contributed by atoms with E-state index in [4.69, 9.17) is 14.6 Å². The summed E-state index contributed by atoms with van der Waals surface area (Å²) < 4.78 is 164. The van der Waals surface area contributed by atoms with Crippen molar-refractivity contribution in [3.8, 4) is 0 Å². The summed E-state index contributed by atoms with van der Waals surface area (Å²) in [5.74, 6) is -5.88. The number of thiol groups is 1. The topological polar surface area (TPSA) is 117 Å². The minimum atomic E-state index is -0.588. The Bertz CT molecular complexity index is 7200. The lowest BCUT2D eigenvalue weighted by Gasteiger charge is -2.23. The van der Waals surface area contributed by atoms with Crippen molar-refractivity contribution in [1.82, 2.24) is 29.5 Å². The highest BCUT2D eigenvalue weighted by atomic mass is 127. The van der Waals surface area contributed by atoms with Gasteiger partial charge in [0, 0.05) is 141 Å². The maximum atomic E-state index is 13.6. The van der Waals surface area contributed by atoms with Crippen LogP contribution in [0.2, 0.25) is 0 Å². The van der Waals surface area contributed by atoms with Gasteiger partial charge in [-0.25, -0.2) is 57.7 Å². The minimum Gasteiger partial charge on any atom is -0.356 e.